The van der Waals surface area contributed by atoms with Gasteiger partial charge in [-0.3, -0.25) is 9.35 Å². The number of thiazole rings is 1. The molecule has 139 valence electrons. The van der Waals surface area contributed by atoms with E-state index in [0.717, 1.165) is 11.3 Å². The molecule has 0 fully saturated rings. The lowest BCUT2D eigenvalue weighted by molar-refractivity contribution is -0.179. The number of carbonyl (C=O) groups is 1. The molecule has 25 heavy (non-hydrogen) atoms. The van der Waals surface area contributed by atoms with Crippen molar-refractivity contribution in [3.63, 3.8) is 0 Å². The minimum atomic E-state index is -4.49. The van der Waals surface area contributed by atoms with E-state index >= 15 is 0 Å². The second-order valence-corrected chi connectivity index (χ2v) is 8.27. The molecule has 0 saturated heterocycles. The number of nitrogens with one attached hydrogen (secondary N) is 1. The van der Waals surface area contributed by atoms with Crippen LogP contribution in [0, 0.1) is 0 Å². The lowest BCUT2D eigenvalue weighted by Gasteiger charge is -2.26. The van der Waals surface area contributed by atoms with E-state index < -0.39 is 33.2 Å². The normalized spacial score (nSPS) is 13.3. The van der Waals surface area contributed by atoms with E-state index in [1.54, 1.807) is 25.5 Å². The first-order valence-electron chi connectivity index (χ1n) is 6.82. The van der Waals surface area contributed by atoms with Gasteiger partial charge in [-0.2, -0.15) is 8.42 Å². The van der Waals surface area contributed by atoms with Crippen LogP contribution in [0.3, 0.4) is 0 Å². The molecule has 0 spiro atoms. The Labute approximate surface area is 149 Å². The van der Waals surface area contributed by atoms with Gasteiger partial charge in [0.2, 0.25) is 5.60 Å². The van der Waals surface area contributed by atoms with Gasteiger partial charge in [-0.05, 0) is 34.6 Å². The zero-order valence-electron chi connectivity index (χ0n) is 14.2. The molecule has 2 N–H and O–H groups in total. The van der Waals surface area contributed by atoms with E-state index in [1.807, 2.05) is 0 Å². The Morgan fingerprint density at radius 1 is 1.36 bits per heavy atom. The summed E-state index contributed by atoms with van der Waals surface area (Å²) in [7, 11) is -4.49. The molecule has 10 nitrogen and oxygen atoms in total. The van der Waals surface area contributed by atoms with Crippen molar-refractivity contribution in [3.8, 4) is 0 Å². The van der Waals surface area contributed by atoms with Crippen LogP contribution in [0.25, 0.3) is 0 Å². The SMILES string of the molecule is CC(C)(C)OC(=O)C(C)(C)O/N=C(\[C]=O)c1csc(NS(=O)(=O)O)n1. The van der Waals surface area contributed by atoms with Crippen LogP contribution in [-0.2, 0) is 29.5 Å². The zero-order valence-corrected chi connectivity index (χ0v) is 15.8. The highest BCUT2D eigenvalue weighted by molar-refractivity contribution is 7.87. The van der Waals surface area contributed by atoms with Gasteiger partial charge in [-0.1, -0.05) is 5.16 Å². The Balaban J connectivity index is 2.93. The third kappa shape index (κ3) is 7.15. The van der Waals surface area contributed by atoms with Crippen molar-refractivity contribution < 1.29 is 32.1 Å². The summed E-state index contributed by atoms with van der Waals surface area (Å²) in [4.78, 5) is 31.9. The van der Waals surface area contributed by atoms with Gasteiger partial charge in [0.15, 0.2) is 10.8 Å². The summed E-state index contributed by atoms with van der Waals surface area (Å²) >= 11 is 0.799. The first-order valence-corrected chi connectivity index (χ1v) is 9.14. The Bertz CT molecular complexity index is 776. The topological polar surface area (TPSA) is 144 Å². The molecule has 1 rings (SSSR count). The fraction of sp³-hybridized carbons (Fsp3) is 0.538. The molecule has 1 aromatic heterocycles. The predicted molar refractivity (Wildman–Crippen MR) is 90.5 cm³/mol. The first kappa shape index (κ1) is 21.0. The number of oxime groups is 1. The summed E-state index contributed by atoms with van der Waals surface area (Å²) < 4.78 is 37.0. The van der Waals surface area contributed by atoms with E-state index in [4.69, 9.17) is 14.1 Å². The molecule has 0 aliphatic carbocycles. The smallest absolute Gasteiger partial charge is 0.359 e. The Kier molecular flexibility index (Phi) is 6.26. The van der Waals surface area contributed by atoms with Crippen LogP contribution in [0.2, 0.25) is 0 Å². The molecule has 0 amide bonds. The molecule has 0 atom stereocenters. The van der Waals surface area contributed by atoms with Gasteiger partial charge in [0.25, 0.3) is 6.29 Å². The fourth-order valence-corrected chi connectivity index (χ4v) is 2.57. The number of ether oxygens (including phenoxy) is 1. The molecule has 1 heterocycles. The number of rotatable bonds is 7. The van der Waals surface area contributed by atoms with Crippen molar-refractivity contribution in [1.82, 2.24) is 4.98 Å². The highest BCUT2D eigenvalue weighted by Crippen LogP contribution is 2.20. The second-order valence-electron chi connectivity index (χ2n) is 6.26. The molecule has 0 bridgehead atoms. The fourth-order valence-electron chi connectivity index (χ4n) is 1.26. The predicted octanol–water partition coefficient (Wildman–Crippen LogP) is 1.31. The quantitative estimate of drug-likeness (QED) is 0.306. The van der Waals surface area contributed by atoms with E-state index in [2.05, 4.69) is 10.1 Å². The van der Waals surface area contributed by atoms with Gasteiger partial charge in [-0.25, -0.2) is 14.5 Å². The Hall–Kier alpha value is -2.05. The lowest BCUT2D eigenvalue weighted by atomic mass is 10.1. The maximum absolute atomic E-state index is 12.0. The highest BCUT2D eigenvalue weighted by Gasteiger charge is 2.35. The summed E-state index contributed by atoms with van der Waals surface area (Å²) in [6.45, 7) is 7.87. The van der Waals surface area contributed by atoms with Crippen molar-refractivity contribution in [2.24, 2.45) is 5.16 Å². The molecule has 0 saturated carbocycles. The maximum atomic E-state index is 12.0. The summed E-state index contributed by atoms with van der Waals surface area (Å²) in [5.41, 5.74) is -2.66. The van der Waals surface area contributed by atoms with Crippen LogP contribution in [-0.4, -0.2) is 47.1 Å². The Morgan fingerprint density at radius 3 is 2.44 bits per heavy atom. The third-order valence-electron chi connectivity index (χ3n) is 2.32. The molecule has 0 aromatic carbocycles. The largest absolute Gasteiger partial charge is 0.457 e. The number of hydrogen-bond donors (Lipinski definition) is 2. The number of esters is 1. The van der Waals surface area contributed by atoms with Crippen molar-refractivity contribution in [1.29, 1.82) is 0 Å². The summed E-state index contributed by atoms with van der Waals surface area (Å²) in [6, 6.07) is 0. The summed E-state index contributed by atoms with van der Waals surface area (Å²) in [5, 5.41) is 4.65. The van der Waals surface area contributed by atoms with Gasteiger partial charge >= 0.3 is 16.3 Å². The number of hydrogen-bond acceptors (Lipinski definition) is 9. The molecular weight excluding hydrogens is 374 g/mol. The first-order chi connectivity index (χ1) is 11.2. The van der Waals surface area contributed by atoms with Gasteiger partial charge in [-0.15, -0.1) is 11.3 Å². The molecule has 0 aliphatic heterocycles. The van der Waals surface area contributed by atoms with E-state index in [1.165, 1.54) is 25.5 Å². The second kappa shape index (κ2) is 7.45. The van der Waals surface area contributed by atoms with Gasteiger partial charge in [0.1, 0.15) is 11.3 Å². The molecular formula is C13H18N3O7S2. The average molecular weight is 392 g/mol. The third-order valence-corrected chi connectivity index (χ3v) is 3.65. The summed E-state index contributed by atoms with van der Waals surface area (Å²) in [6.07, 6.45) is 1.48. The van der Waals surface area contributed by atoms with Crippen molar-refractivity contribution in [2.45, 2.75) is 45.8 Å². The minimum Gasteiger partial charge on any atom is -0.457 e. The van der Waals surface area contributed by atoms with Crippen molar-refractivity contribution >= 4 is 44.7 Å². The standard InChI is InChI=1S/C13H18N3O7S2/c1-12(2,3)22-10(18)13(4,5)23-15-8(6-17)9-7-24-11(14-9)16-25(19,20)21/h7H,1-5H3,(H,14,16)(H,19,20,21)/b15-8+. The number of anilines is 1. The van der Waals surface area contributed by atoms with E-state index in [9.17, 15) is 18.0 Å². The molecule has 12 heteroatoms. The van der Waals surface area contributed by atoms with Crippen molar-refractivity contribution in [2.75, 3.05) is 4.72 Å². The van der Waals surface area contributed by atoms with Crippen molar-refractivity contribution in [3.05, 3.63) is 11.1 Å². The lowest BCUT2D eigenvalue weighted by Crippen LogP contribution is -2.40. The van der Waals surface area contributed by atoms with Crippen LogP contribution in [0.5, 0.6) is 0 Å². The molecule has 0 unspecified atom stereocenters. The molecule has 0 aliphatic rings. The minimum absolute atomic E-state index is 0.0499. The average Bonchev–Trinajstić information content (AvgIpc) is 2.83. The van der Waals surface area contributed by atoms with Crippen LogP contribution < -0.4 is 4.72 Å². The number of carbonyl (C=O) groups excluding carboxylic acids is 2. The number of aromatic nitrogens is 1. The van der Waals surface area contributed by atoms with E-state index in [-0.39, 0.29) is 10.8 Å². The molecule has 1 aromatic rings. The van der Waals surface area contributed by atoms with Crippen LogP contribution in [0.15, 0.2) is 10.5 Å². The van der Waals surface area contributed by atoms with Crippen LogP contribution in [0.1, 0.15) is 40.3 Å². The monoisotopic (exact) mass is 392 g/mol. The Morgan fingerprint density at radius 2 is 1.96 bits per heavy atom. The maximum Gasteiger partial charge on any atom is 0.359 e. The van der Waals surface area contributed by atoms with E-state index in [0.29, 0.717) is 0 Å². The van der Waals surface area contributed by atoms with Gasteiger partial charge in [0.05, 0.1) is 0 Å². The van der Waals surface area contributed by atoms with Crippen LogP contribution in [0.4, 0.5) is 5.13 Å². The van der Waals surface area contributed by atoms with Gasteiger partial charge in [0, 0.05) is 5.38 Å². The van der Waals surface area contributed by atoms with Gasteiger partial charge < -0.3 is 9.57 Å². The molecule has 1 radical (unpaired) electrons. The highest BCUT2D eigenvalue weighted by atomic mass is 32.2. The van der Waals surface area contributed by atoms with Crippen LogP contribution >= 0.6 is 11.3 Å². The zero-order chi connectivity index (χ0) is 19.5. The number of nitrogens with zero attached hydrogens (tertiary/aromatic N) is 2. The summed E-state index contributed by atoms with van der Waals surface area (Å²) in [5.74, 6) is -0.694.